The molecular weight excluding hydrogens is 256 g/mol. The Labute approximate surface area is 124 Å². The predicted octanol–water partition coefficient (Wildman–Crippen LogP) is 6.06. The summed E-state index contributed by atoms with van der Waals surface area (Å²) in [7, 11) is 0. The van der Waals surface area contributed by atoms with Crippen LogP contribution in [0.3, 0.4) is 0 Å². The van der Waals surface area contributed by atoms with Gasteiger partial charge in [0.2, 0.25) is 0 Å². The molecule has 0 heterocycles. The summed E-state index contributed by atoms with van der Waals surface area (Å²) in [6, 6.07) is 0. The molecule has 1 fully saturated rings. The lowest BCUT2D eigenvalue weighted by Crippen LogP contribution is -2.15. The van der Waals surface area contributed by atoms with Gasteiger partial charge in [-0.3, -0.25) is 0 Å². The van der Waals surface area contributed by atoms with E-state index in [1.165, 1.54) is 73.9 Å². The van der Waals surface area contributed by atoms with Crippen molar-refractivity contribution in [1.29, 1.82) is 0 Å². The highest BCUT2D eigenvalue weighted by atomic mass is 32.1. The van der Waals surface area contributed by atoms with Crippen molar-refractivity contribution in [2.24, 2.45) is 5.92 Å². The van der Waals surface area contributed by atoms with Crippen LogP contribution in [0.2, 0.25) is 0 Å². The van der Waals surface area contributed by atoms with Crippen molar-refractivity contribution < 1.29 is 0 Å². The summed E-state index contributed by atoms with van der Waals surface area (Å²) < 4.78 is 0. The van der Waals surface area contributed by atoms with E-state index in [1.807, 2.05) is 0 Å². The van der Waals surface area contributed by atoms with Crippen molar-refractivity contribution in [1.82, 2.24) is 0 Å². The third kappa shape index (κ3) is 6.94. The van der Waals surface area contributed by atoms with E-state index in [4.69, 9.17) is 24.4 Å². The number of thiocarbonyl (C=S) groups is 2. The quantitative estimate of drug-likeness (QED) is 0.373. The maximum atomic E-state index is 5.59. The molecule has 0 saturated heterocycles. The van der Waals surface area contributed by atoms with Gasteiger partial charge in [-0.1, -0.05) is 63.5 Å². The van der Waals surface area contributed by atoms with Crippen molar-refractivity contribution in [2.45, 2.75) is 84.0 Å². The molecule has 0 bridgehead atoms. The third-order valence-corrected chi connectivity index (χ3v) is 5.11. The predicted molar refractivity (Wildman–Crippen MR) is 89.8 cm³/mol. The minimum absolute atomic E-state index is 0.779. The Morgan fingerprint density at radius 3 is 2.11 bits per heavy atom. The summed E-state index contributed by atoms with van der Waals surface area (Å²) >= 11 is 10.8. The first kappa shape index (κ1) is 16.2. The van der Waals surface area contributed by atoms with Gasteiger partial charge in [0, 0.05) is 0 Å². The molecule has 1 aliphatic carbocycles. The number of unbranched alkanes of at least 4 members (excludes halogenated alkanes) is 3. The van der Waals surface area contributed by atoms with Crippen LogP contribution >= 0.6 is 24.4 Å². The molecule has 0 spiro atoms. The second-order valence-corrected chi connectivity index (χ2v) is 6.71. The van der Waals surface area contributed by atoms with E-state index < -0.39 is 0 Å². The molecular formula is C16H28S2. The third-order valence-electron chi connectivity index (χ3n) is 4.08. The van der Waals surface area contributed by atoms with Crippen LogP contribution in [0.15, 0.2) is 0 Å². The molecule has 104 valence electrons. The Morgan fingerprint density at radius 2 is 1.50 bits per heavy atom. The Kier molecular flexibility index (Phi) is 9.04. The summed E-state index contributed by atoms with van der Waals surface area (Å²) in [4.78, 5) is 2.62. The maximum Gasteiger partial charge on any atom is -0.00406 e. The lowest BCUT2D eigenvalue weighted by molar-refractivity contribution is 0.437. The first-order chi connectivity index (χ1) is 8.74. The van der Waals surface area contributed by atoms with Gasteiger partial charge >= 0.3 is 0 Å². The highest BCUT2D eigenvalue weighted by molar-refractivity contribution is 7.80. The fourth-order valence-corrected chi connectivity index (χ4v) is 3.30. The maximum absolute atomic E-state index is 5.59. The van der Waals surface area contributed by atoms with Gasteiger partial charge in [-0.15, -0.1) is 0 Å². The average Bonchev–Trinajstić information content (AvgIpc) is 2.43. The van der Waals surface area contributed by atoms with Gasteiger partial charge in [0.25, 0.3) is 0 Å². The van der Waals surface area contributed by atoms with Gasteiger partial charge < -0.3 is 0 Å². The van der Waals surface area contributed by atoms with E-state index in [2.05, 4.69) is 6.92 Å². The Morgan fingerprint density at radius 1 is 0.889 bits per heavy atom. The Bertz CT molecular complexity index is 252. The lowest BCUT2D eigenvalue weighted by Gasteiger charge is -2.22. The molecule has 18 heavy (non-hydrogen) atoms. The lowest BCUT2D eigenvalue weighted by atomic mass is 9.85. The van der Waals surface area contributed by atoms with Crippen LogP contribution in [0.5, 0.6) is 0 Å². The van der Waals surface area contributed by atoms with E-state index in [-0.39, 0.29) is 0 Å². The van der Waals surface area contributed by atoms with E-state index in [0.717, 1.165) is 18.8 Å². The van der Waals surface area contributed by atoms with Crippen LogP contribution in [0.1, 0.15) is 84.0 Å². The molecule has 0 atom stereocenters. The number of hydrogen-bond donors (Lipinski definition) is 0. The fourth-order valence-electron chi connectivity index (χ4n) is 2.78. The van der Waals surface area contributed by atoms with E-state index in [9.17, 15) is 0 Å². The first-order valence-electron chi connectivity index (χ1n) is 7.78. The molecule has 0 aromatic rings. The summed E-state index contributed by atoms with van der Waals surface area (Å²) in [5, 5.41) is 0. The van der Waals surface area contributed by atoms with Crippen LogP contribution in [0, 0.1) is 5.92 Å². The van der Waals surface area contributed by atoms with Crippen LogP contribution < -0.4 is 0 Å². The zero-order chi connectivity index (χ0) is 13.2. The molecule has 0 aliphatic heterocycles. The molecule has 0 aromatic heterocycles. The number of hydrogen-bond acceptors (Lipinski definition) is 2. The Hall–Kier alpha value is 0.180. The van der Waals surface area contributed by atoms with Crippen molar-refractivity contribution in [3.05, 3.63) is 0 Å². The van der Waals surface area contributed by atoms with Crippen molar-refractivity contribution in [2.75, 3.05) is 0 Å². The molecule has 2 heteroatoms. The van der Waals surface area contributed by atoms with Gasteiger partial charge in [0.15, 0.2) is 0 Å². The smallest absolute Gasteiger partial charge is 0.00406 e. The molecule has 1 saturated carbocycles. The van der Waals surface area contributed by atoms with Crippen LogP contribution in [0.4, 0.5) is 0 Å². The highest BCUT2D eigenvalue weighted by Crippen LogP contribution is 2.26. The fraction of sp³-hybridized carbons (Fsp3) is 0.875. The van der Waals surface area contributed by atoms with Crippen LogP contribution in [0.25, 0.3) is 0 Å². The van der Waals surface area contributed by atoms with Gasteiger partial charge in [-0.25, -0.2) is 0 Å². The first-order valence-corrected chi connectivity index (χ1v) is 8.60. The van der Waals surface area contributed by atoms with E-state index in [1.54, 1.807) is 0 Å². The second kappa shape index (κ2) is 10.0. The standard InChI is InChI=1S/C16H28S2/c1-2-15(17)12-8-3-4-9-13-16(18)14-10-6-5-7-11-14/h14H,2-13H2,1H3. The molecule has 0 nitrogen and oxygen atoms in total. The average molecular weight is 285 g/mol. The zero-order valence-corrected chi connectivity index (χ0v) is 13.5. The molecule has 0 N–H and O–H groups in total. The van der Waals surface area contributed by atoms with Crippen molar-refractivity contribution >= 4 is 34.2 Å². The van der Waals surface area contributed by atoms with Crippen LogP contribution in [-0.2, 0) is 0 Å². The van der Waals surface area contributed by atoms with E-state index >= 15 is 0 Å². The second-order valence-electron chi connectivity index (χ2n) is 5.61. The van der Waals surface area contributed by atoms with Gasteiger partial charge in [-0.2, -0.15) is 0 Å². The molecule has 1 rings (SSSR count). The van der Waals surface area contributed by atoms with E-state index in [0.29, 0.717) is 0 Å². The van der Waals surface area contributed by atoms with Crippen molar-refractivity contribution in [3.63, 3.8) is 0 Å². The van der Waals surface area contributed by atoms with Gasteiger partial charge in [0.05, 0.1) is 0 Å². The molecule has 0 unspecified atom stereocenters. The van der Waals surface area contributed by atoms with Crippen LogP contribution in [-0.4, -0.2) is 9.73 Å². The molecule has 0 amide bonds. The largest absolute Gasteiger partial charge is 0.0897 e. The monoisotopic (exact) mass is 284 g/mol. The topological polar surface area (TPSA) is 0 Å². The SMILES string of the molecule is CCC(=S)CCCCCCC(=S)C1CCCCC1. The summed E-state index contributed by atoms with van der Waals surface area (Å²) in [6.07, 6.45) is 15.6. The zero-order valence-electron chi connectivity index (χ0n) is 11.9. The summed E-state index contributed by atoms with van der Waals surface area (Å²) in [5.41, 5.74) is 0. The number of rotatable bonds is 9. The summed E-state index contributed by atoms with van der Waals surface area (Å²) in [6.45, 7) is 2.16. The highest BCUT2D eigenvalue weighted by Gasteiger charge is 2.16. The summed E-state index contributed by atoms with van der Waals surface area (Å²) in [5.74, 6) is 0.779. The minimum atomic E-state index is 0.779. The molecule has 0 radical (unpaired) electrons. The molecule has 0 aromatic carbocycles. The normalized spacial score (nSPS) is 16.7. The Balaban J connectivity index is 1.96. The van der Waals surface area contributed by atoms with Gasteiger partial charge in [-0.05, 0) is 60.6 Å². The minimum Gasteiger partial charge on any atom is -0.0897 e. The molecule has 1 aliphatic rings. The van der Waals surface area contributed by atoms with Gasteiger partial charge in [0.1, 0.15) is 0 Å². The van der Waals surface area contributed by atoms with Crippen molar-refractivity contribution in [3.8, 4) is 0 Å².